The number of ether oxygens (including phenoxy) is 1. The second-order valence-corrected chi connectivity index (χ2v) is 6.37. The molecule has 0 bridgehead atoms. The zero-order chi connectivity index (χ0) is 15.3. The Labute approximate surface area is 121 Å². The molecule has 0 saturated carbocycles. The first kappa shape index (κ1) is 16.5. The second-order valence-electron chi connectivity index (χ2n) is 4.74. The first-order chi connectivity index (χ1) is 9.27. The van der Waals surface area contributed by atoms with Crippen LogP contribution in [0.15, 0.2) is 18.3 Å². The van der Waals surface area contributed by atoms with Gasteiger partial charge in [0.05, 0.1) is 18.4 Å². The highest BCUT2D eigenvalue weighted by atomic mass is 32.2. The lowest BCUT2D eigenvalue weighted by molar-refractivity contribution is -0.139. The number of carbonyl (C=O) groups is 2. The molecule has 0 unspecified atom stereocenters. The van der Waals surface area contributed by atoms with Crippen LogP contribution in [0, 0.1) is 0 Å². The van der Waals surface area contributed by atoms with E-state index in [2.05, 4.69) is 9.72 Å². The van der Waals surface area contributed by atoms with Crippen LogP contribution in [0.5, 0.6) is 0 Å². The van der Waals surface area contributed by atoms with Crippen molar-refractivity contribution >= 4 is 23.7 Å². The molecule has 0 radical (unpaired) electrons. The summed E-state index contributed by atoms with van der Waals surface area (Å²) in [5.74, 6) is -0.962. The van der Waals surface area contributed by atoms with Crippen molar-refractivity contribution in [1.29, 1.82) is 0 Å². The number of hydrogen-bond donors (Lipinski definition) is 2. The third kappa shape index (κ3) is 4.21. The van der Waals surface area contributed by atoms with E-state index in [9.17, 15) is 9.59 Å². The molecule has 1 heterocycles. The number of pyridine rings is 1. The van der Waals surface area contributed by atoms with Crippen molar-refractivity contribution < 1.29 is 19.4 Å². The van der Waals surface area contributed by atoms with Crippen LogP contribution in [0.25, 0.3) is 0 Å². The fraction of sp³-hybridized carbons (Fsp3) is 0.462. The molecule has 0 amide bonds. The van der Waals surface area contributed by atoms with Gasteiger partial charge in [0.2, 0.25) is 0 Å². The number of hydrogen-bond acceptors (Lipinski definition) is 6. The lowest BCUT2D eigenvalue weighted by Crippen LogP contribution is -2.46. The summed E-state index contributed by atoms with van der Waals surface area (Å²) in [7, 11) is 1.31. The molecule has 20 heavy (non-hydrogen) atoms. The molecule has 0 aliphatic carbocycles. The summed E-state index contributed by atoms with van der Waals surface area (Å²) >= 11 is 1.40. The Morgan fingerprint density at radius 1 is 1.50 bits per heavy atom. The van der Waals surface area contributed by atoms with Gasteiger partial charge in [-0.05, 0) is 26.0 Å². The Bertz CT molecular complexity index is 488. The van der Waals surface area contributed by atoms with Crippen LogP contribution >= 0.6 is 11.8 Å². The molecular formula is C13H18N2O4S. The quantitative estimate of drug-likeness (QED) is 0.763. The first-order valence-corrected chi connectivity index (χ1v) is 6.92. The average Bonchev–Trinajstić information content (AvgIpc) is 2.44. The number of carboxylic acid groups (broad SMARTS) is 1. The molecule has 110 valence electrons. The third-order valence-corrected chi connectivity index (χ3v) is 4.29. The van der Waals surface area contributed by atoms with Crippen LogP contribution in [0.1, 0.15) is 29.9 Å². The highest BCUT2D eigenvalue weighted by molar-refractivity contribution is 7.99. The topological polar surface area (TPSA) is 103 Å². The smallest absolute Gasteiger partial charge is 0.339 e. The van der Waals surface area contributed by atoms with Crippen molar-refractivity contribution in [3.8, 4) is 0 Å². The van der Waals surface area contributed by atoms with Crippen LogP contribution in [-0.4, -0.2) is 39.9 Å². The summed E-state index contributed by atoms with van der Waals surface area (Å²) in [4.78, 5) is 26.3. The van der Waals surface area contributed by atoms with Gasteiger partial charge in [0, 0.05) is 16.7 Å². The van der Waals surface area contributed by atoms with Crippen LogP contribution in [0.2, 0.25) is 0 Å². The van der Waals surface area contributed by atoms with Gasteiger partial charge in [-0.2, -0.15) is 0 Å². The molecule has 1 aromatic rings. The number of carbonyl (C=O) groups excluding carboxylic acids is 1. The van der Waals surface area contributed by atoms with Gasteiger partial charge in [-0.15, -0.1) is 11.8 Å². The van der Waals surface area contributed by atoms with Crippen molar-refractivity contribution in [3.05, 3.63) is 29.6 Å². The molecule has 1 aromatic heterocycles. The molecule has 7 heteroatoms. The number of nitrogens with zero attached hydrogens (tertiary/aromatic N) is 1. The monoisotopic (exact) mass is 298 g/mol. The molecule has 0 aliphatic heterocycles. The van der Waals surface area contributed by atoms with E-state index in [4.69, 9.17) is 10.8 Å². The minimum Gasteiger partial charge on any atom is -0.480 e. The van der Waals surface area contributed by atoms with E-state index in [0.29, 0.717) is 11.3 Å². The average molecular weight is 298 g/mol. The molecule has 3 N–H and O–H groups in total. The Morgan fingerprint density at radius 2 is 2.15 bits per heavy atom. The number of nitrogens with two attached hydrogens (primary N) is 1. The van der Waals surface area contributed by atoms with Crippen LogP contribution < -0.4 is 5.73 Å². The molecule has 0 saturated heterocycles. The minimum absolute atomic E-state index is 0.378. The predicted molar refractivity (Wildman–Crippen MR) is 76.6 cm³/mol. The van der Waals surface area contributed by atoms with E-state index in [1.54, 1.807) is 26.0 Å². The molecule has 0 aromatic carbocycles. The number of methoxy groups -OCH3 is 1. The van der Waals surface area contributed by atoms with E-state index in [1.165, 1.54) is 25.1 Å². The maximum atomic E-state index is 11.3. The van der Waals surface area contributed by atoms with Gasteiger partial charge in [-0.25, -0.2) is 4.79 Å². The summed E-state index contributed by atoms with van der Waals surface area (Å²) < 4.78 is 3.97. The minimum atomic E-state index is -1.03. The van der Waals surface area contributed by atoms with Gasteiger partial charge in [-0.1, -0.05) is 0 Å². The lowest BCUT2D eigenvalue weighted by atomic mass is 10.1. The summed E-state index contributed by atoms with van der Waals surface area (Å²) in [5.41, 5.74) is 6.76. The number of esters is 1. The molecule has 0 spiro atoms. The van der Waals surface area contributed by atoms with E-state index in [0.717, 1.165) is 5.69 Å². The second kappa shape index (κ2) is 6.71. The highest BCUT2D eigenvalue weighted by Crippen LogP contribution is 2.30. The zero-order valence-electron chi connectivity index (χ0n) is 11.6. The van der Waals surface area contributed by atoms with Gasteiger partial charge in [-0.3, -0.25) is 9.78 Å². The van der Waals surface area contributed by atoms with Gasteiger partial charge >= 0.3 is 11.9 Å². The molecular weight excluding hydrogens is 280 g/mol. The van der Waals surface area contributed by atoms with Crippen molar-refractivity contribution in [2.24, 2.45) is 5.73 Å². The predicted octanol–water partition coefficient (Wildman–Crippen LogP) is 1.29. The third-order valence-electron chi connectivity index (χ3n) is 2.85. The fourth-order valence-corrected chi connectivity index (χ4v) is 2.37. The first-order valence-electron chi connectivity index (χ1n) is 5.93. The molecule has 6 nitrogen and oxygen atoms in total. The Balaban J connectivity index is 2.66. The normalized spacial score (nSPS) is 12.8. The van der Waals surface area contributed by atoms with E-state index in [-0.39, 0.29) is 0 Å². The molecule has 0 aliphatic rings. The van der Waals surface area contributed by atoms with Gasteiger partial charge in [0.15, 0.2) is 0 Å². The molecule has 1 atom stereocenters. The lowest BCUT2D eigenvalue weighted by Gasteiger charge is -2.27. The maximum Gasteiger partial charge on any atom is 0.339 e. The Kier molecular flexibility index (Phi) is 5.52. The molecule has 1 rings (SSSR count). The summed E-state index contributed by atoms with van der Waals surface area (Å²) in [5, 5.41) is 8.93. The van der Waals surface area contributed by atoms with Crippen LogP contribution in [-0.2, 0) is 15.3 Å². The van der Waals surface area contributed by atoms with E-state index >= 15 is 0 Å². The van der Waals surface area contributed by atoms with E-state index in [1.807, 2.05) is 0 Å². The van der Waals surface area contributed by atoms with Gasteiger partial charge < -0.3 is 15.6 Å². The Morgan fingerprint density at radius 3 is 2.60 bits per heavy atom. The number of rotatable bonds is 6. The maximum absolute atomic E-state index is 11.3. The van der Waals surface area contributed by atoms with Crippen molar-refractivity contribution in [2.75, 3.05) is 7.11 Å². The van der Waals surface area contributed by atoms with Crippen molar-refractivity contribution in [3.63, 3.8) is 0 Å². The zero-order valence-corrected chi connectivity index (χ0v) is 12.4. The van der Waals surface area contributed by atoms with E-state index < -0.39 is 22.7 Å². The molecule has 0 fully saturated rings. The number of carboxylic acids is 1. The standard InChI is InChI=1S/C13H18N2O4S/c1-13(2,10(14)11(16)17)20-7-9-5-4-8(6-15-9)12(18)19-3/h4-6,10H,7,14H2,1-3H3,(H,16,17)/t10-/m0/s1. The largest absolute Gasteiger partial charge is 0.480 e. The summed E-state index contributed by atoms with van der Waals surface area (Å²) in [6, 6.07) is 2.38. The SMILES string of the molecule is COC(=O)c1ccc(CSC(C)(C)[C@@H](N)C(=O)O)nc1. The number of aliphatic carboxylic acids is 1. The van der Waals surface area contributed by atoms with Gasteiger partial charge in [0.1, 0.15) is 6.04 Å². The van der Waals surface area contributed by atoms with Crippen LogP contribution in [0.3, 0.4) is 0 Å². The van der Waals surface area contributed by atoms with Crippen LogP contribution in [0.4, 0.5) is 0 Å². The van der Waals surface area contributed by atoms with Gasteiger partial charge in [0.25, 0.3) is 0 Å². The van der Waals surface area contributed by atoms with Crippen molar-refractivity contribution in [2.45, 2.75) is 30.4 Å². The Hall–Kier alpha value is -1.60. The summed E-state index contributed by atoms with van der Waals surface area (Å²) in [6.45, 7) is 3.55. The van der Waals surface area contributed by atoms with Crippen molar-refractivity contribution in [1.82, 2.24) is 4.98 Å². The highest BCUT2D eigenvalue weighted by Gasteiger charge is 2.32. The fourth-order valence-electron chi connectivity index (χ4n) is 1.40. The number of aromatic nitrogens is 1. The number of thioether (sulfide) groups is 1. The summed E-state index contributed by atoms with van der Waals surface area (Å²) in [6.07, 6.45) is 1.44.